The van der Waals surface area contributed by atoms with Gasteiger partial charge in [0.25, 0.3) is 0 Å². The Labute approximate surface area is 100.0 Å². The molecule has 16 heavy (non-hydrogen) atoms. The molecule has 0 aliphatic carbocycles. The van der Waals surface area contributed by atoms with Crippen molar-refractivity contribution in [3.63, 3.8) is 0 Å². The van der Waals surface area contributed by atoms with Crippen LogP contribution in [-0.4, -0.2) is 20.9 Å². The van der Waals surface area contributed by atoms with E-state index in [1.54, 1.807) is 13.8 Å². The summed E-state index contributed by atoms with van der Waals surface area (Å²) >= 11 is 0. The van der Waals surface area contributed by atoms with Gasteiger partial charge < -0.3 is 9.16 Å². The second-order valence-corrected chi connectivity index (χ2v) is 9.51. The highest BCUT2D eigenvalue weighted by atomic mass is 28.4. The van der Waals surface area contributed by atoms with E-state index < -0.39 is 8.32 Å². The molecule has 0 saturated carbocycles. The van der Waals surface area contributed by atoms with Gasteiger partial charge in [-0.25, -0.2) is 4.79 Å². The van der Waals surface area contributed by atoms with Crippen LogP contribution in [0.4, 0.5) is 0 Å². The average molecular weight is 244 g/mol. The van der Waals surface area contributed by atoms with E-state index in [1.165, 1.54) is 0 Å². The van der Waals surface area contributed by atoms with Gasteiger partial charge in [0.1, 0.15) is 0 Å². The summed E-state index contributed by atoms with van der Waals surface area (Å²) < 4.78 is 10.9. The molecule has 0 unspecified atom stereocenters. The maximum Gasteiger partial charge on any atom is 0.337 e. The molecule has 0 saturated heterocycles. The molecule has 0 rings (SSSR count). The van der Waals surface area contributed by atoms with E-state index in [4.69, 9.17) is 9.16 Å². The third kappa shape index (κ3) is 5.35. The molecule has 0 radical (unpaired) electrons. The van der Waals surface area contributed by atoms with Crippen molar-refractivity contribution < 1.29 is 14.0 Å². The number of allylic oxidation sites excluding steroid dienone is 1. The number of carbonyl (C=O) groups is 1. The van der Waals surface area contributed by atoms with Gasteiger partial charge in [0.15, 0.2) is 0 Å². The van der Waals surface area contributed by atoms with Crippen LogP contribution < -0.4 is 0 Å². The quantitative estimate of drug-likeness (QED) is 0.322. The largest absolute Gasteiger partial charge is 0.547 e. The zero-order valence-corrected chi connectivity index (χ0v) is 12.5. The summed E-state index contributed by atoms with van der Waals surface area (Å²) in [6.45, 7) is 14.3. The first kappa shape index (κ1) is 15.2. The van der Waals surface area contributed by atoms with Crippen molar-refractivity contribution in [1.29, 1.82) is 0 Å². The average Bonchev–Trinajstić information content (AvgIpc) is 2.11. The van der Waals surface area contributed by atoms with Crippen molar-refractivity contribution >= 4 is 14.3 Å². The van der Waals surface area contributed by atoms with Crippen LogP contribution in [0.15, 0.2) is 11.3 Å². The Morgan fingerprint density at radius 2 is 1.75 bits per heavy atom. The van der Waals surface area contributed by atoms with Gasteiger partial charge >= 0.3 is 5.97 Å². The number of ether oxygens (including phenoxy) is 1. The summed E-state index contributed by atoms with van der Waals surface area (Å²) in [5.41, 5.74) is 0.597. The van der Waals surface area contributed by atoms with Gasteiger partial charge in [-0.2, -0.15) is 0 Å². The lowest BCUT2D eigenvalue weighted by molar-refractivity contribution is -0.138. The van der Waals surface area contributed by atoms with Gasteiger partial charge in [-0.15, -0.1) is 0 Å². The Morgan fingerprint density at radius 3 is 2.06 bits per heavy atom. The summed E-state index contributed by atoms with van der Waals surface area (Å²) in [7, 11) is -1.68. The number of hydrogen-bond acceptors (Lipinski definition) is 3. The Kier molecular flexibility index (Phi) is 5.79. The molecule has 0 N–H and O–H groups in total. The first-order chi connectivity index (χ1) is 7.19. The molecule has 0 aliphatic rings. The van der Waals surface area contributed by atoms with Gasteiger partial charge in [0.05, 0.1) is 17.9 Å². The molecular weight excluding hydrogens is 220 g/mol. The van der Waals surface area contributed by atoms with Crippen LogP contribution in [0.2, 0.25) is 19.6 Å². The number of carbonyl (C=O) groups excluding carboxylic acids is 1. The van der Waals surface area contributed by atoms with Crippen LogP contribution >= 0.6 is 0 Å². The SMILES string of the molecule is CCOC(=O)/C(C)=C(/O[Si](C)(C)C)C(C)C. The summed E-state index contributed by atoms with van der Waals surface area (Å²) in [6, 6.07) is 0. The fraction of sp³-hybridized carbons (Fsp3) is 0.750. The molecule has 0 aromatic carbocycles. The fourth-order valence-corrected chi connectivity index (χ4v) is 2.35. The predicted molar refractivity (Wildman–Crippen MR) is 68.6 cm³/mol. The molecule has 0 spiro atoms. The lowest BCUT2D eigenvalue weighted by atomic mass is 10.1. The minimum absolute atomic E-state index is 0.205. The summed E-state index contributed by atoms with van der Waals surface area (Å²) in [5, 5.41) is 0. The molecule has 0 amide bonds. The predicted octanol–water partition coefficient (Wildman–Crippen LogP) is 3.33. The number of hydrogen-bond donors (Lipinski definition) is 0. The molecule has 0 aliphatic heterocycles. The van der Waals surface area contributed by atoms with E-state index in [2.05, 4.69) is 19.6 Å². The Morgan fingerprint density at radius 1 is 1.25 bits per heavy atom. The fourth-order valence-electron chi connectivity index (χ4n) is 1.30. The highest BCUT2D eigenvalue weighted by molar-refractivity contribution is 6.70. The molecule has 3 nitrogen and oxygen atoms in total. The first-order valence-electron chi connectivity index (χ1n) is 5.76. The van der Waals surface area contributed by atoms with E-state index in [9.17, 15) is 4.79 Å². The molecule has 94 valence electrons. The highest BCUT2D eigenvalue weighted by Gasteiger charge is 2.23. The second-order valence-electron chi connectivity index (χ2n) is 5.08. The van der Waals surface area contributed by atoms with Crippen LogP contribution in [-0.2, 0) is 14.0 Å². The third-order valence-corrected chi connectivity index (χ3v) is 2.72. The van der Waals surface area contributed by atoms with E-state index >= 15 is 0 Å². The smallest absolute Gasteiger partial charge is 0.337 e. The van der Waals surface area contributed by atoms with Crippen LogP contribution in [0.5, 0.6) is 0 Å². The van der Waals surface area contributed by atoms with Gasteiger partial charge in [-0.3, -0.25) is 0 Å². The van der Waals surface area contributed by atoms with Crippen LogP contribution in [0.3, 0.4) is 0 Å². The standard InChI is InChI=1S/C12H24O3Si/c1-8-14-12(13)10(4)11(9(2)3)15-16(5,6)7/h9H,8H2,1-7H3/b11-10+. The first-order valence-corrected chi connectivity index (χ1v) is 9.16. The van der Waals surface area contributed by atoms with Gasteiger partial charge in [0, 0.05) is 5.92 Å². The maximum absolute atomic E-state index is 11.6. The zero-order valence-electron chi connectivity index (χ0n) is 11.5. The highest BCUT2D eigenvalue weighted by Crippen LogP contribution is 2.22. The molecule has 4 heteroatoms. The Balaban J connectivity index is 5.01. The zero-order chi connectivity index (χ0) is 12.9. The molecule has 0 heterocycles. The molecular formula is C12H24O3Si. The molecule has 0 bridgehead atoms. The van der Waals surface area contributed by atoms with E-state index in [0.29, 0.717) is 12.2 Å². The Hall–Kier alpha value is -0.773. The third-order valence-electron chi connectivity index (χ3n) is 1.89. The molecule has 0 aromatic heterocycles. The molecule has 0 atom stereocenters. The van der Waals surface area contributed by atoms with Gasteiger partial charge in [0.2, 0.25) is 8.32 Å². The monoisotopic (exact) mass is 244 g/mol. The van der Waals surface area contributed by atoms with Gasteiger partial charge in [-0.05, 0) is 33.5 Å². The maximum atomic E-state index is 11.6. The minimum atomic E-state index is -1.68. The minimum Gasteiger partial charge on any atom is -0.547 e. The van der Waals surface area contributed by atoms with Crippen LogP contribution in [0.25, 0.3) is 0 Å². The normalized spacial score (nSPS) is 13.5. The van der Waals surface area contributed by atoms with Crippen LogP contribution in [0, 0.1) is 5.92 Å². The van der Waals surface area contributed by atoms with Crippen molar-refractivity contribution in [3.05, 3.63) is 11.3 Å². The molecule has 0 aromatic rings. The Bertz CT molecular complexity index is 274. The number of esters is 1. The van der Waals surface area contributed by atoms with Crippen molar-refractivity contribution in [2.45, 2.75) is 47.3 Å². The lowest BCUT2D eigenvalue weighted by Gasteiger charge is -2.25. The van der Waals surface area contributed by atoms with E-state index in [-0.39, 0.29) is 11.9 Å². The summed E-state index contributed by atoms with van der Waals surface area (Å²) in [6.07, 6.45) is 0. The summed E-state index contributed by atoms with van der Waals surface area (Å²) in [4.78, 5) is 11.6. The second kappa shape index (κ2) is 6.08. The van der Waals surface area contributed by atoms with E-state index in [0.717, 1.165) is 5.76 Å². The van der Waals surface area contributed by atoms with Crippen molar-refractivity contribution in [2.75, 3.05) is 6.61 Å². The van der Waals surface area contributed by atoms with Crippen molar-refractivity contribution in [1.82, 2.24) is 0 Å². The lowest BCUT2D eigenvalue weighted by Crippen LogP contribution is -2.28. The van der Waals surface area contributed by atoms with Crippen molar-refractivity contribution in [3.8, 4) is 0 Å². The van der Waals surface area contributed by atoms with Crippen molar-refractivity contribution in [2.24, 2.45) is 5.92 Å². The topological polar surface area (TPSA) is 35.5 Å². The number of rotatable bonds is 5. The van der Waals surface area contributed by atoms with Gasteiger partial charge in [-0.1, -0.05) is 13.8 Å². The van der Waals surface area contributed by atoms with E-state index in [1.807, 2.05) is 13.8 Å². The van der Waals surface area contributed by atoms with Crippen LogP contribution in [0.1, 0.15) is 27.7 Å². The summed E-state index contributed by atoms with van der Waals surface area (Å²) in [5.74, 6) is 0.707. The molecule has 0 fully saturated rings.